The fourth-order valence-electron chi connectivity index (χ4n) is 2.74. The van der Waals surface area contributed by atoms with Crippen molar-refractivity contribution in [3.63, 3.8) is 0 Å². The molecule has 1 fully saturated rings. The number of carbonyl (C=O) groups excluding carboxylic acids is 1. The topological polar surface area (TPSA) is 58.6 Å². The van der Waals surface area contributed by atoms with E-state index in [1.807, 2.05) is 6.92 Å². The minimum absolute atomic E-state index is 0.215. The molecule has 4 nitrogen and oxygen atoms in total. The van der Waals surface area contributed by atoms with Crippen molar-refractivity contribution in [3.05, 3.63) is 0 Å². The van der Waals surface area contributed by atoms with Gasteiger partial charge in [-0.1, -0.05) is 26.7 Å². The third-order valence-electron chi connectivity index (χ3n) is 3.72. The van der Waals surface area contributed by atoms with Crippen LogP contribution in [0.4, 0.5) is 0 Å². The van der Waals surface area contributed by atoms with E-state index in [0.717, 1.165) is 19.3 Å². The van der Waals surface area contributed by atoms with Gasteiger partial charge in [0.2, 0.25) is 0 Å². The van der Waals surface area contributed by atoms with E-state index >= 15 is 0 Å². The smallest absolute Gasteiger partial charge is 0.323 e. The van der Waals surface area contributed by atoms with Crippen LogP contribution in [0, 0.1) is 5.92 Å². The van der Waals surface area contributed by atoms with Crippen LogP contribution in [0.3, 0.4) is 0 Å². The molecule has 2 N–H and O–H groups in total. The van der Waals surface area contributed by atoms with E-state index in [1.54, 1.807) is 6.92 Å². The molecule has 18 heavy (non-hydrogen) atoms. The van der Waals surface area contributed by atoms with E-state index in [-0.39, 0.29) is 12.0 Å². The molecule has 4 heteroatoms. The molecule has 0 saturated heterocycles. The molecule has 0 spiro atoms. The molecule has 0 bridgehead atoms. The minimum atomic E-state index is -0.655. The van der Waals surface area contributed by atoms with E-state index in [9.17, 15) is 9.90 Å². The zero-order valence-electron chi connectivity index (χ0n) is 11.9. The molecule has 0 amide bonds. The highest BCUT2D eigenvalue weighted by molar-refractivity contribution is 5.75. The van der Waals surface area contributed by atoms with Crippen molar-refractivity contribution in [2.45, 2.75) is 64.5 Å². The third kappa shape index (κ3) is 4.58. The molecule has 3 unspecified atom stereocenters. The molecule has 0 radical (unpaired) electrons. The van der Waals surface area contributed by atoms with Crippen molar-refractivity contribution in [2.75, 3.05) is 13.2 Å². The maximum Gasteiger partial charge on any atom is 0.323 e. The van der Waals surface area contributed by atoms with Crippen molar-refractivity contribution < 1.29 is 14.6 Å². The summed E-state index contributed by atoms with van der Waals surface area (Å²) in [5.41, 5.74) is -0.655. The fourth-order valence-corrected chi connectivity index (χ4v) is 2.74. The molecule has 1 saturated carbocycles. The van der Waals surface area contributed by atoms with Gasteiger partial charge in [0.15, 0.2) is 0 Å². The number of nitrogens with one attached hydrogen (secondary N) is 1. The van der Waals surface area contributed by atoms with Gasteiger partial charge >= 0.3 is 5.97 Å². The van der Waals surface area contributed by atoms with Gasteiger partial charge in [0.05, 0.1) is 12.2 Å². The van der Waals surface area contributed by atoms with Gasteiger partial charge in [-0.05, 0) is 32.1 Å². The molecular weight excluding hydrogens is 230 g/mol. The number of rotatable bonds is 6. The normalized spacial score (nSPS) is 29.9. The Balaban J connectivity index is 2.43. The Morgan fingerprint density at radius 2 is 2.28 bits per heavy atom. The molecule has 0 aromatic heterocycles. The van der Waals surface area contributed by atoms with Gasteiger partial charge in [0.1, 0.15) is 6.04 Å². The molecular formula is C14H27NO3. The first-order valence-corrected chi connectivity index (χ1v) is 7.13. The number of carbonyl (C=O) groups is 1. The minimum Gasteiger partial charge on any atom is -0.465 e. The Labute approximate surface area is 110 Å². The van der Waals surface area contributed by atoms with Crippen LogP contribution in [0.25, 0.3) is 0 Å². The van der Waals surface area contributed by atoms with Gasteiger partial charge in [-0.25, -0.2) is 0 Å². The lowest BCUT2D eigenvalue weighted by atomic mass is 9.79. The van der Waals surface area contributed by atoms with Crippen LogP contribution in [-0.4, -0.2) is 35.9 Å². The quantitative estimate of drug-likeness (QED) is 0.713. The summed E-state index contributed by atoms with van der Waals surface area (Å²) in [6.45, 7) is 6.81. The molecule has 0 aromatic rings. The second-order valence-electron chi connectivity index (χ2n) is 5.52. The highest BCUT2D eigenvalue weighted by Gasteiger charge is 2.33. The number of aliphatic hydroxyl groups is 1. The Morgan fingerprint density at radius 3 is 2.83 bits per heavy atom. The molecule has 1 aliphatic rings. The third-order valence-corrected chi connectivity index (χ3v) is 3.72. The lowest BCUT2D eigenvalue weighted by Crippen LogP contribution is -2.49. The predicted molar refractivity (Wildman–Crippen MR) is 71.3 cm³/mol. The summed E-state index contributed by atoms with van der Waals surface area (Å²) >= 11 is 0. The summed E-state index contributed by atoms with van der Waals surface area (Å²) < 4.78 is 5.01. The Morgan fingerprint density at radius 1 is 1.56 bits per heavy atom. The second-order valence-corrected chi connectivity index (χ2v) is 5.52. The molecule has 0 aliphatic heterocycles. The fraction of sp³-hybridized carbons (Fsp3) is 0.929. The van der Waals surface area contributed by atoms with E-state index in [1.165, 1.54) is 6.42 Å². The van der Waals surface area contributed by atoms with Crippen LogP contribution >= 0.6 is 0 Å². The maximum atomic E-state index is 11.6. The van der Waals surface area contributed by atoms with Crippen molar-refractivity contribution in [3.8, 4) is 0 Å². The lowest BCUT2D eigenvalue weighted by molar-refractivity contribution is -0.146. The number of esters is 1. The van der Waals surface area contributed by atoms with E-state index in [4.69, 9.17) is 4.74 Å². The standard InChI is InChI=1S/C14H27NO3/c1-4-12(13(16)18-5-2)15-10-14(17)8-6-7-11(3)9-14/h11-12,15,17H,4-10H2,1-3H3. The van der Waals surface area contributed by atoms with Crippen molar-refractivity contribution in [2.24, 2.45) is 5.92 Å². The van der Waals surface area contributed by atoms with Gasteiger partial charge in [-0.3, -0.25) is 4.79 Å². The Bertz CT molecular complexity index is 270. The summed E-state index contributed by atoms with van der Waals surface area (Å²) in [6, 6.07) is -0.300. The van der Waals surface area contributed by atoms with Gasteiger partial charge in [-0.2, -0.15) is 0 Å². The van der Waals surface area contributed by atoms with Crippen molar-refractivity contribution in [1.82, 2.24) is 5.32 Å². The summed E-state index contributed by atoms with van der Waals surface area (Å²) in [5.74, 6) is 0.348. The van der Waals surface area contributed by atoms with Crippen molar-refractivity contribution in [1.29, 1.82) is 0 Å². The predicted octanol–water partition coefficient (Wildman–Crippen LogP) is 1.86. The first-order chi connectivity index (χ1) is 8.50. The van der Waals surface area contributed by atoms with Crippen LogP contribution in [0.1, 0.15) is 52.9 Å². The Kier molecular flexibility index (Phi) is 6.09. The summed E-state index contributed by atoms with van der Waals surface area (Å²) in [4.78, 5) is 11.6. The second kappa shape index (κ2) is 7.10. The molecule has 106 valence electrons. The monoisotopic (exact) mass is 257 g/mol. The zero-order valence-corrected chi connectivity index (χ0v) is 11.9. The number of hydrogen-bond donors (Lipinski definition) is 2. The maximum absolute atomic E-state index is 11.6. The highest BCUT2D eigenvalue weighted by atomic mass is 16.5. The van der Waals surface area contributed by atoms with Crippen LogP contribution in [0.5, 0.6) is 0 Å². The number of ether oxygens (including phenoxy) is 1. The van der Waals surface area contributed by atoms with Gasteiger partial charge < -0.3 is 15.2 Å². The molecule has 3 atom stereocenters. The summed E-state index contributed by atoms with van der Waals surface area (Å²) in [6.07, 6.45) is 4.58. The average Bonchev–Trinajstić information content (AvgIpc) is 2.29. The lowest BCUT2D eigenvalue weighted by Gasteiger charge is -2.36. The molecule has 0 aromatic carbocycles. The van der Waals surface area contributed by atoms with Crippen molar-refractivity contribution >= 4 is 5.97 Å². The zero-order chi connectivity index (χ0) is 13.6. The SMILES string of the molecule is CCOC(=O)C(CC)NCC1(O)CCCC(C)C1. The summed E-state index contributed by atoms with van der Waals surface area (Å²) in [7, 11) is 0. The molecule has 1 rings (SSSR count). The molecule has 0 heterocycles. The Hall–Kier alpha value is -0.610. The average molecular weight is 257 g/mol. The first kappa shape index (κ1) is 15.4. The summed E-state index contributed by atoms with van der Waals surface area (Å²) in [5, 5.41) is 13.6. The van der Waals surface area contributed by atoms with Crippen LogP contribution in [0.2, 0.25) is 0 Å². The van der Waals surface area contributed by atoms with E-state index in [2.05, 4.69) is 12.2 Å². The number of hydrogen-bond acceptors (Lipinski definition) is 4. The van der Waals surface area contributed by atoms with Crippen LogP contribution in [-0.2, 0) is 9.53 Å². The van der Waals surface area contributed by atoms with Gasteiger partial charge in [-0.15, -0.1) is 0 Å². The van der Waals surface area contributed by atoms with Gasteiger partial charge in [0, 0.05) is 6.54 Å². The van der Waals surface area contributed by atoms with E-state index < -0.39 is 5.60 Å². The van der Waals surface area contributed by atoms with E-state index in [0.29, 0.717) is 25.5 Å². The van der Waals surface area contributed by atoms with Crippen LogP contribution in [0.15, 0.2) is 0 Å². The molecule has 1 aliphatic carbocycles. The largest absolute Gasteiger partial charge is 0.465 e. The highest BCUT2D eigenvalue weighted by Crippen LogP contribution is 2.31. The first-order valence-electron chi connectivity index (χ1n) is 7.13. The van der Waals surface area contributed by atoms with Crippen LogP contribution < -0.4 is 5.32 Å². The van der Waals surface area contributed by atoms with Gasteiger partial charge in [0.25, 0.3) is 0 Å².